The highest BCUT2D eigenvalue weighted by Crippen LogP contribution is 2.19. The van der Waals surface area contributed by atoms with E-state index in [0.717, 1.165) is 28.0 Å². The number of aromatic nitrogens is 2. The molecule has 0 N–H and O–H groups in total. The van der Waals surface area contributed by atoms with Crippen molar-refractivity contribution in [1.82, 2.24) is 9.78 Å². The molecule has 2 heteroatoms. The second-order valence-corrected chi connectivity index (χ2v) is 5.08. The summed E-state index contributed by atoms with van der Waals surface area (Å²) in [6.07, 6.45) is 3.69. The number of nitrogens with zero attached hydrogens (tertiary/aromatic N) is 2. The summed E-state index contributed by atoms with van der Waals surface area (Å²) in [5, 5.41) is 4.30. The first kappa shape index (κ1) is 13.9. The molecular formula is C20H16N2. The molecule has 0 spiro atoms. The first-order valence-corrected chi connectivity index (χ1v) is 7.11. The predicted octanol–water partition coefficient (Wildman–Crippen LogP) is 4.31. The molecule has 0 unspecified atom stereocenters. The molecular weight excluding hydrogens is 268 g/mol. The van der Waals surface area contributed by atoms with Crippen molar-refractivity contribution in [2.75, 3.05) is 0 Å². The van der Waals surface area contributed by atoms with Crippen molar-refractivity contribution in [2.24, 2.45) is 0 Å². The van der Waals surface area contributed by atoms with E-state index < -0.39 is 0 Å². The molecule has 0 amide bonds. The van der Waals surface area contributed by atoms with Gasteiger partial charge in [-0.2, -0.15) is 5.10 Å². The van der Waals surface area contributed by atoms with Gasteiger partial charge >= 0.3 is 0 Å². The molecule has 0 saturated heterocycles. The van der Waals surface area contributed by atoms with E-state index >= 15 is 0 Å². The van der Waals surface area contributed by atoms with E-state index in [1.807, 2.05) is 66.3 Å². The number of hydrogen-bond acceptors (Lipinski definition) is 1. The van der Waals surface area contributed by atoms with Crippen LogP contribution in [-0.4, -0.2) is 9.78 Å². The molecule has 0 bridgehead atoms. The molecule has 0 radical (unpaired) electrons. The lowest BCUT2D eigenvalue weighted by molar-refractivity contribution is 0.878. The Morgan fingerprint density at radius 3 is 2.55 bits per heavy atom. The van der Waals surface area contributed by atoms with Crippen LogP contribution in [0.15, 0.2) is 73.6 Å². The van der Waals surface area contributed by atoms with Gasteiger partial charge in [0.05, 0.1) is 11.3 Å². The summed E-state index contributed by atoms with van der Waals surface area (Å²) in [5.74, 6) is 6.47. The lowest BCUT2D eigenvalue weighted by atomic mass is 10.0. The van der Waals surface area contributed by atoms with Gasteiger partial charge in [0.25, 0.3) is 0 Å². The van der Waals surface area contributed by atoms with Gasteiger partial charge in [0, 0.05) is 18.0 Å². The third-order valence-electron chi connectivity index (χ3n) is 3.36. The van der Waals surface area contributed by atoms with Crippen LogP contribution < -0.4 is 0 Å². The maximum Gasteiger partial charge on any atom is 0.0802 e. The van der Waals surface area contributed by atoms with Gasteiger partial charge in [0.1, 0.15) is 0 Å². The van der Waals surface area contributed by atoms with E-state index in [-0.39, 0.29) is 0 Å². The van der Waals surface area contributed by atoms with Crippen molar-refractivity contribution < 1.29 is 0 Å². The van der Waals surface area contributed by atoms with Gasteiger partial charge < -0.3 is 0 Å². The molecule has 3 aromatic rings. The molecule has 1 heterocycles. The van der Waals surface area contributed by atoms with Gasteiger partial charge in [0.2, 0.25) is 0 Å². The lowest BCUT2D eigenvalue weighted by Gasteiger charge is -2.08. The van der Waals surface area contributed by atoms with Crippen LogP contribution in [0.3, 0.4) is 0 Å². The fraction of sp³-hybridized carbons (Fsp3) is 0.0500. The molecule has 2 nitrogen and oxygen atoms in total. The molecule has 3 rings (SSSR count). The molecule has 0 fully saturated rings. The average molecular weight is 284 g/mol. The predicted molar refractivity (Wildman–Crippen MR) is 90.7 cm³/mol. The first-order chi connectivity index (χ1) is 10.7. The summed E-state index contributed by atoms with van der Waals surface area (Å²) in [6.45, 7) is 6.00. The van der Waals surface area contributed by atoms with Crippen molar-refractivity contribution in [3.05, 3.63) is 90.3 Å². The van der Waals surface area contributed by atoms with Gasteiger partial charge in [0.15, 0.2) is 0 Å². The topological polar surface area (TPSA) is 17.8 Å². The third-order valence-corrected chi connectivity index (χ3v) is 3.36. The van der Waals surface area contributed by atoms with Crippen molar-refractivity contribution in [1.29, 1.82) is 0 Å². The van der Waals surface area contributed by atoms with E-state index in [0.29, 0.717) is 0 Å². The largest absolute Gasteiger partial charge is 0.240 e. The van der Waals surface area contributed by atoms with Crippen LogP contribution in [0.2, 0.25) is 0 Å². The number of allylic oxidation sites excluding steroid dienone is 1. The molecule has 0 aliphatic heterocycles. The van der Waals surface area contributed by atoms with E-state index in [2.05, 4.69) is 29.6 Å². The Hall–Kier alpha value is -3.05. The van der Waals surface area contributed by atoms with Crippen LogP contribution in [0.4, 0.5) is 0 Å². The first-order valence-electron chi connectivity index (χ1n) is 7.11. The van der Waals surface area contributed by atoms with Crippen LogP contribution in [0.5, 0.6) is 0 Å². The van der Waals surface area contributed by atoms with Crippen molar-refractivity contribution in [3.8, 4) is 17.5 Å². The van der Waals surface area contributed by atoms with Gasteiger partial charge in [-0.05, 0) is 42.8 Å². The normalized spacial score (nSPS) is 9.86. The second-order valence-electron chi connectivity index (χ2n) is 5.08. The van der Waals surface area contributed by atoms with Crippen molar-refractivity contribution in [2.45, 2.75) is 6.92 Å². The molecule has 0 atom stereocenters. The maximum absolute atomic E-state index is 4.30. The summed E-state index contributed by atoms with van der Waals surface area (Å²) in [5.41, 5.74) is 5.02. The molecule has 0 aliphatic carbocycles. The van der Waals surface area contributed by atoms with E-state index in [4.69, 9.17) is 0 Å². The monoisotopic (exact) mass is 284 g/mol. The highest BCUT2D eigenvalue weighted by molar-refractivity contribution is 5.66. The molecule has 22 heavy (non-hydrogen) atoms. The Labute approximate surface area is 130 Å². The third kappa shape index (κ3) is 2.99. The van der Waals surface area contributed by atoms with Crippen molar-refractivity contribution >= 4 is 5.57 Å². The second kappa shape index (κ2) is 6.15. The standard InChI is InChI=1S/C20H16N2/c1-16(2)18-11-12-20(22-14-6-13-21-22)19(15-18)10-9-17-7-4-3-5-8-17/h3-8,11-15H,1H2,2H3. The zero-order chi connectivity index (χ0) is 15.4. The van der Waals surface area contributed by atoms with Gasteiger partial charge in [-0.15, -0.1) is 0 Å². The van der Waals surface area contributed by atoms with Gasteiger partial charge in [-0.3, -0.25) is 0 Å². The zero-order valence-electron chi connectivity index (χ0n) is 12.5. The summed E-state index contributed by atoms with van der Waals surface area (Å²) in [7, 11) is 0. The Kier molecular flexibility index (Phi) is 3.89. The highest BCUT2D eigenvalue weighted by atomic mass is 15.3. The van der Waals surface area contributed by atoms with E-state index in [1.165, 1.54) is 0 Å². The summed E-state index contributed by atoms with van der Waals surface area (Å²) < 4.78 is 1.83. The zero-order valence-corrected chi connectivity index (χ0v) is 12.5. The van der Waals surface area contributed by atoms with Crippen LogP contribution in [-0.2, 0) is 0 Å². The minimum atomic E-state index is 0.938. The number of rotatable bonds is 2. The van der Waals surface area contributed by atoms with Gasteiger partial charge in [-0.25, -0.2) is 4.68 Å². The Morgan fingerprint density at radius 2 is 1.86 bits per heavy atom. The number of hydrogen-bond donors (Lipinski definition) is 0. The van der Waals surface area contributed by atoms with Crippen molar-refractivity contribution in [3.63, 3.8) is 0 Å². The SMILES string of the molecule is C=C(C)c1ccc(-n2cccn2)c(C#Cc2ccccc2)c1. The minimum Gasteiger partial charge on any atom is -0.240 e. The Balaban J connectivity index is 2.09. The van der Waals surface area contributed by atoms with E-state index in [1.54, 1.807) is 6.20 Å². The summed E-state index contributed by atoms with van der Waals surface area (Å²) in [4.78, 5) is 0. The fourth-order valence-corrected chi connectivity index (χ4v) is 2.17. The van der Waals surface area contributed by atoms with E-state index in [9.17, 15) is 0 Å². The van der Waals surface area contributed by atoms with Crippen LogP contribution >= 0.6 is 0 Å². The highest BCUT2D eigenvalue weighted by Gasteiger charge is 2.05. The Morgan fingerprint density at radius 1 is 1.05 bits per heavy atom. The van der Waals surface area contributed by atoms with Gasteiger partial charge in [-0.1, -0.05) is 48.3 Å². The molecule has 0 saturated carbocycles. The fourth-order valence-electron chi connectivity index (χ4n) is 2.17. The number of benzene rings is 2. The Bertz CT molecular complexity index is 848. The smallest absolute Gasteiger partial charge is 0.0802 e. The molecule has 2 aromatic carbocycles. The van der Waals surface area contributed by atoms with Crippen LogP contribution in [0.1, 0.15) is 23.6 Å². The quantitative estimate of drug-likeness (QED) is 0.641. The average Bonchev–Trinajstić information content (AvgIpc) is 3.08. The minimum absolute atomic E-state index is 0.938. The summed E-state index contributed by atoms with van der Waals surface area (Å²) >= 11 is 0. The van der Waals surface area contributed by atoms with Crippen LogP contribution in [0.25, 0.3) is 11.3 Å². The molecule has 1 aromatic heterocycles. The summed E-state index contributed by atoms with van der Waals surface area (Å²) in [6, 6.07) is 18.0. The lowest BCUT2D eigenvalue weighted by Crippen LogP contribution is -1.98. The molecule has 106 valence electrons. The maximum atomic E-state index is 4.30. The molecule has 0 aliphatic rings. The van der Waals surface area contributed by atoms with Crippen LogP contribution in [0, 0.1) is 11.8 Å².